The average molecular weight is 368 g/mol. The van der Waals surface area contributed by atoms with Crippen molar-refractivity contribution >= 4 is 17.6 Å². The number of benzene rings is 1. The van der Waals surface area contributed by atoms with Crippen LogP contribution in [0.1, 0.15) is 18.9 Å². The first-order valence-electron chi connectivity index (χ1n) is 7.80. The minimum absolute atomic E-state index is 0.00760. The third kappa shape index (κ3) is 5.27. The summed E-state index contributed by atoms with van der Waals surface area (Å²) in [4.78, 5) is 28.5. The van der Waals surface area contributed by atoms with Crippen LogP contribution in [0.2, 0.25) is 0 Å². The summed E-state index contributed by atoms with van der Waals surface area (Å²) in [5.41, 5.74) is 0.165. The molecule has 0 fully saturated rings. The predicted molar refractivity (Wildman–Crippen MR) is 87.1 cm³/mol. The van der Waals surface area contributed by atoms with Crippen LogP contribution < -0.4 is 5.32 Å². The number of amides is 1. The lowest BCUT2D eigenvalue weighted by Crippen LogP contribution is -2.35. The third-order valence-electron chi connectivity index (χ3n) is 3.33. The molecule has 26 heavy (non-hydrogen) atoms. The minimum atomic E-state index is -0.792. The van der Waals surface area contributed by atoms with Gasteiger partial charge in [0.05, 0.1) is 25.3 Å². The van der Waals surface area contributed by atoms with Crippen LogP contribution in [-0.4, -0.2) is 44.0 Å². The zero-order valence-electron chi connectivity index (χ0n) is 14.3. The molecule has 0 unspecified atom stereocenters. The molecule has 1 aliphatic heterocycles. The molecular formula is C17H18F2N2O5. The smallest absolute Gasteiger partial charge is 0.373 e. The number of halogens is 2. The van der Waals surface area contributed by atoms with Crippen molar-refractivity contribution < 1.29 is 32.7 Å². The van der Waals surface area contributed by atoms with Gasteiger partial charge in [-0.2, -0.15) is 0 Å². The van der Waals surface area contributed by atoms with Crippen LogP contribution in [0.15, 0.2) is 35.2 Å². The summed E-state index contributed by atoms with van der Waals surface area (Å²) in [6.07, 6.45) is 1.14. The number of rotatable bonds is 7. The number of ether oxygens (including phenoxy) is 2. The summed E-state index contributed by atoms with van der Waals surface area (Å²) in [6.45, 7) is 1.98. The lowest BCUT2D eigenvalue weighted by molar-refractivity contribution is -0.139. The van der Waals surface area contributed by atoms with Crippen molar-refractivity contribution in [3.63, 3.8) is 0 Å². The topological polar surface area (TPSA) is 86.2 Å². The number of nitrogens with zero attached hydrogens (tertiary/aromatic N) is 1. The monoisotopic (exact) mass is 368 g/mol. The number of esters is 1. The van der Waals surface area contributed by atoms with Gasteiger partial charge < -0.3 is 19.6 Å². The fourth-order valence-corrected chi connectivity index (χ4v) is 2.23. The third-order valence-corrected chi connectivity index (χ3v) is 3.33. The van der Waals surface area contributed by atoms with E-state index in [2.05, 4.69) is 15.2 Å². The van der Waals surface area contributed by atoms with Crippen LogP contribution in [0, 0.1) is 11.6 Å². The predicted octanol–water partition coefficient (Wildman–Crippen LogP) is 1.67. The Balaban J connectivity index is 2.08. The summed E-state index contributed by atoms with van der Waals surface area (Å²) in [7, 11) is 1.22. The second-order valence-corrected chi connectivity index (χ2v) is 5.30. The Hall–Kier alpha value is -2.97. The Kier molecular flexibility index (Phi) is 6.65. The number of methoxy groups -OCH3 is 1. The molecule has 2 rings (SSSR count). The van der Waals surface area contributed by atoms with Crippen molar-refractivity contribution in [3.05, 3.63) is 47.2 Å². The maximum atomic E-state index is 13.4. The molecule has 1 aromatic rings. The second-order valence-electron chi connectivity index (χ2n) is 5.30. The molecule has 1 N–H and O–H groups in total. The van der Waals surface area contributed by atoms with Crippen LogP contribution in [0.5, 0.6) is 0 Å². The van der Waals surface area contributed by atoms with E-state index >= 15 is 0 Å². The first-order valence-corrected chi connectivity index (χ1v) is 7.80. The second kappa shape index (κ2) is 8.93. The first kappa shape index (κ1) is 19.4. The summed E-state index contributed by atoms with van der Waals surface area (Å²) >= 11 is 0. The highest BCUT2D eigenvalue weighted by Crippen LogP contribution is 2.14. The molecule has 0 aromatic heterocycles. The van der Waals surface area contributed by atoms with Crippen molar-refractivity contribution in [1.29, 1.82) is 0 Å². The lowest BCUT2D eigenvalue weighted by Gasteiger charge is -2.11. The molecule has 0 saturated heterocycles. The number of oxime groups is 1. The highest BCUT2D eigenvalue weighted by molar-refractivity contribution is 6.10. The van der Waals surface area contributed by atoms with Gasteiger partial charge in [0.2, 0.25) is 11.7 Å². The van der Waals surface area contributed by atoms with E-state index in [1.807, 2.05) is 0 Å². The molecule has 7 nitrogen and oxygen atoms in total. The van der Waals surface area contributed by atoms with E-state index in [1.54, 1.807) is 6.92 Å². The fraction of sp³-hybridized carbons (Fsp3) is 0.353. The molecular weight excluding hydrogens is 350 g/mol. The Morgan fingerprint density at radius 2 is 2.00 bits per heavy atom. The maximum Gasteiger partial charge on any atom is 0.373 e. The molecule has 0 bridgehead atoms. The van der Waals surface area contributed by atoms with Crippen molar-refractivity contribution in [2.75, 3.05) is 20.3 Å². The molecule has 0 saturated carbocycles. The van der Waals surface area contributed by atoms with Crippen molar-refractivity contribution in [2.45, 2.75) is 19.4 Å². The number of carbonyl (C=O) groups excluding carboxylic acids is 2. The molecule has 140 valence electrons. The quantitative estimate of drug-likeness (QED) is 0.449. The SMILES string of the molecule is CCO/N=C(\CC(=O)N[C@@H]1C=C(C(=O)OC)OC1)c1cc(F)cc(F)c1. The molecule has 0 radical (unpaired) electrons. The van der Waals surface area contributed by atoms with Gasteiger partial charge in [-0.25, -0.2) is 13.6 Å². The van der Waals surface area contributed by atoms with E-state index in [-0.39, 0.29) is 36.7 Å². The highest BCUT2D eigenvalue weighted by Gasteiger charge is 2.25. The molecule has 1 amide bonds. The average Bonchev–Trinajstić information content (AvgIpc) is 3.05. The van der Waals surface area contributed by atoms with Crippen molar-refractivity contribution in [3.8, 4) is 0 Å². The van der Waals surface area contributed by atoms with Gasteiger partial charge in [-0.05, 0) is 25.1 Å². The zero-order valence-corrected chi connectivity index (χ0v) is 14.3. The summed E-state index contributed by atoms with van der Waals surface area (Å²) in [5.74, 6) is -2.70. The Morgan fingerprint density at radius 3 is 2.62 bits per heavy atom. The number of hydrogen-bond donors (Lipinski definition) is 1. The Morgan fingerprint density at radius 1 is 1.31 bits per heavy atom. The molecule has 1 atom stereocenters. The first-order chi connectivity index (χ1) is 12.4. The van der Waals surface area contributed by atoms with Crippen LogP contribution in [0.3, 0.4) is 0 Å². The van der Waals surface area contributed by atoms with E-state index in [0.29, 0.717) is 0 Å². The standard InChI is InChI=1S/C17H18F2N2O5/c1-3-26-21-14(10-4-11(18)6-12(19)5-10)8-16(22)20-13-7-15(25-9-13)17(23)24-2/h4-7,13H,3,8-9H2,1-2H3,(H,20,22)/b21-14+/t13-/m1/s1. The molecule has 1 aliphatic rings. The van der Waals surface area contributed by atoms with Crippen LogP contribution in [-0.2, 0) is 23.9 Å². The molecule has 1 heterocycles. The van der Waals surface area contributed by atoms with Gasteiger partial charge in [-0.3, -0.25) is 4.79 Å². The molecule has 0 aliphatic carbocycles. The Labute approximate surface area is 148 Å². The van der Waals surface area contributed by atoms with Gasteiger partial charge in [0, 0.05) is 11.6 Å². The van der Waals surface area contributed by atoms with Crippen molar-refractivity contribution in [2.24, 2.45) is 5.16 Å². The molecule has 1 aromatic carbocycles. The Bertz CT molecular complexity index is 728. The maximum absolute atomic E-state index is 13.4. The fourth-order valence-electron chi connectivity index (χ4n) is 2.23. The lowest BCUT2D eigenvalue weighted by atomic mass is 10.1. The molecule has 9 heteroatoms. The van der Waals surface area contributed by atoms with E-state index in [4.69, 9.17) is 9.57 Å². The minimum Gasteiger partial charge on any atom is -0.484 e. The van der Waals surface area contributed by atoms with E-state index < -0.39 is 29.6 Å². The number of nitrogens with one attached hydrogen (secondary N) is 1. The van der Waals surface area contributed by atoms with Gasteiger partial charge >= 0.3 is 5.97 Å². The number of carbonyl (C=O) groups is 2. The van der Waals surface area contributed by atoms with E-state index in [1.165, 1.54) is 13.2 Å². The van der Waals surface area contributed by atoms with E-state index in [0.717, 1.165) is 18.2 Å². The van der Waals surface area contributed by atoms with Gasteiger partial charge in [0.25, 0.3) is 0 Å². The summed E-state index contributed by atoms with van der Waals surface area (Å²) < 4.78 is 36.5. The van der Waals surface area contributed by atoms with Crippen molar-refractivity contribution in [1.82, 2.24) is 5.32 Å². The van der Waals surface area contributed by atoms with E-state index in [9.17, 15) is 18.4 Å². The number of hydrogen-bond acceptors (Lipinski definition) is 6. The van der Waals surface area contributed by atoms with Crippen LogP contribution >= 0.6 is 0 Å². The van der Waals surface area contributed by atoms with Crippen LogP contribution in [0.25, 0.3) is 0 Å². The normalized spacial score (nSPS) is 16.5. The van der Waals surface area contributed by atoms with Crippen LogP contribution in [0.4, 0.5) is 8.78 Å². The summed E-state index contributed by atoms with van der Waals surface area (Å²) in [5, 5.41) is 6.39. The van der Waals surface area contributed by atoms with Gasteiger partial charge in [0.1, 0.15) is 24.8 Å². The largest absolute Gasteiger partial charge is 0.484 e. The molecule has 0 spiro atoms. The van der Waals surface area contributed by atoms with Gasteiger partial charge in [-0.1, -0.05) is 5.16 Å². The highest BCUT2D eigenvalue weighted by atomic mass is 19.1. The summed E-state index contributed by atoms with van der Waals surface area (Å²) in [6, 6.07) is 2.30. The zero-order chi connectivity index (χ0) is 19.1. The van der Waals surface area contributed by atoms with Gasteiger partial charge in [0.15, 0.2) is 0 Å². The van der Waals surface area contributed by atoms with Gasteiger partial charge in [-0.15, -0.1) is 0 Å².